The molecule has 3 heteroatoms. The Kier molecular flexibility index (Phi) is 3.77. The van der Waals surface area contributed by atoms with Crippen LogP contribution in [-0.2, 0) is 4.79 Å². The van der Waals surface area contributed by atoms with E-state index >= 15 is 0 Å². The van der Waals surface area contributed by atoms with Gasteiger partial charge in [-0.15, -0.1) is 0 Å². The average molecular weight is 248 g/mol. The van der Waals surface area contributed by atoms with Gasteiger partial charge in [-0.25, -0.2) is 0 Å². The highest BCUT2D eigenvalue weighted by atomic mass is 79.9. The Morgan fingerprint density at radius 2 is 2.00 bits per heavy atom. The lowest BCUT2D eigenvalue weighted by molar-refractivity contribution is -0.133. The Hall–Kier alpha value is -0.0500. The molecule has 2 nitrogen and oxygen atoms in total. The van der Waals surface area contributed by atoms with Crippen LogP contribution in [0.5, 0.6) is 0 Å². The third-order valence-electron chi connectivity index (χ3n) is 2.79. The number of hydrogen-bond donors (Lipinski definition) is 0. The summed E-state index contributed by atoms with van der Waals surface area (Å²) in [4.78, 5) is 13.7. The lowest BCUT2D eigenvalue weighted by atomic mass is 9.91. The molecule has 0 aromatic heterocycles. The largest absolute Gasteiger partial charge is 0.342 e. The summed E-state index contributed by atoms with van der Waals surface area (Å²) in [6, 6.07) is 0.506. The second kappa shape index (κ2) is 4.45. The van der Waals surface area contributed by atoms with Gasteiger partial charge in [-0.05, 0) is 25.2 Å². The molecule has 1 amide bonds. The zero-order valence-electron chi connectivity index (χ0n) is 8.59. The molecule has 0 saturated heterocycles. The van der Waals surface area contributed by atoms with Crippen LogP contribution in [0.25, 0.3) is 0 Å². The fraction of sp³-hybridized carbons (Fsp3) is 0.900. The monoisotopic (exact) mass is 247 g/mol. The predicted molar refractivity (Wildman–Crippen MR) is 58.0 cm³/mol. The van der Waals surface area contributed by atoms with Gasteiger partial charge in [0.05, 0.1) is 4.83 Å². The summed E-state index contributed by atoms with van der Waals surface area (Å²) in [7, 11) is 1.92. The minimum Gasteiger partial charge on any atom is -0.342 e. The van der Waals surface area contributed by atoms with Crippen LogP contribution in [0.15, 0.2) is 0 Å². The minimum atomic E-state index is -0.0156. The Morgan fingerprint density at radius 3 is 2.31 bits per heavy atom. The van der Waals surface area contributed by atoms with E-state index in [4.69, 9.17) is 0 Å². The van der Waals surface area contributed by atoms with Crippen LogP contribution in [0.2, 0.25) is 0 Å². The topological polar surface area (TPSA) is 20.3 Å². The van der Waals surface area contributed by atoms with Crippen LogP contribution in [-0.4, -0.2) is 28.7 Å². The summed E-state index contributed by atoms with van der Waals surface area (Å²) in [6.07, 6.45) is 3.64. The molecule has 0 radical (unpaired) electrons. The minimum absolute atomic E-state index is 0.0156. The van der Waals surface area contributed by atoms with Gasteiger partial charge in [-0.3, -0.25) is 4.79 Å². The fourth-order valence-electron chi connectivity index (χ4n) is 1.43. The van der Waals surface area contributed by atoms with Gasteiger partial charge in [0.15, 0.2) is 0 Å². The molecule has 0 aromatic carbocycles. The van der Waals surface area contributed by atoms with Gasteiger partial charge in [-0.2, -0.15) is 0 Å². The molecule has 76 valence electrons. The number of carbonyl (C=O) groups excluding carboxylic acids is 1. The molecule has 1 fully saturated rings. The number of amides is 1. The smallest absolute Gasteiger partial charge is 0.236 e. The second-order valence-electron chi connectivity index (χ2n) is 4.18. The van der Waals surface area contributed by atoms with Crippen molar-refractivity contribution in [1.29, 1.82) is 0 Å². The molecule has 13 heavy (non-hydrogen) atoms. The second-order valence-corrected chi connectivity index (χ2v) is 5.17. The van der Waals surface area contributed by atoms with Gasteiger partial charge in [0, 0.05) is 13.1 Å². The maximum Gasteiger partial charge on any atom is 0.236 e. The van der Waals surface area contributed by atoms with Gasteiger partial charge in [-0.1, -0.05) is 29.8 Å². The molecule has 0 aliphatic heterocycles. The number of nitrogens with zero attached hydrogens (tertiary/aromatic N) is 1. The summed E-state index contributed by atoms with van der Waals surface area (Å²) in [6.45, 7) is 4.12. The van der Waals surface area contributed by atoms with Crippen molar-refractivity contribution in [3.05, 3.63) is 0 Å². The van der Waals surface area contributed by atoms with Crippen LogP contribution in [0, 0.1) is 5.92 Å². The number of alkyl halides is 1. The average Bonchev–Trinajstić information content (AvgIpc) is 1.98. The molecule has 1 unspecified atom stereocenters. The van der Waals surface area contributed by atoms with E-state index in [0.717, 1.165) is 0 Å². The maximum atomic E-state index is 11.8. The molecule has 0 spiro atoms. The Labute approximate surface area is 88.8 Å². The van der Waals surface area contributed by atoms with Crippen molar-refractivity contribution in [3.8, 4) is 0 Å². The number of halogens is 1. The van der Waals surface area contributed by atoms with Gasteiger partial charge >= 0.3 is 0 Å². The SMILES string of the molecule is CC(C)C(Br)C(=O)N(C)C1CCC1. The van der Waals surface area contributed by atoms with Crippen molar-refractivity contribution in [2.24, 2.45) is 5.92 Å². The van der Waals surface area contributed by atoms with Crippen LogP contribution in [0.4, 0.5) is 0 Å². The van der Waals surface area contributed by atoms with Crippen molar-refractivity contribution in [1.82, 2.24) is 4.90 Å². The van der Waals surface area contributed by atoms with Crippen LogP contribution < -0.4 is 0 Å². The summed E-state index contributed by atoms with van der Waals surface area (Å²) in [5.41, 5.74) is 0. The lowest BCUT2D eigenvalue weighted by Gasteiger charge is -2.36. The molecular weight excluding hydrogens is 230 g/mol. The Bertz CT molecular complexity index is 189. The molecule has 0 aromatic rings. The number of rotatable bonds is 3. The van der Waals surface area contributed by atoms with E-state index in [-0.39, 0.29) is 10.7 Å². The van der Waals surface area contributed by atoms with Crippen molar-refractivity contribution in [2.75, 3.05) is 7.05 Å². The summed E-state index contributed by atoms with van der Waals surface area (Å²) in [5.74, 6) is 0.606. The summed E-state index contributed by atoms with van der Waals surface area (Å²) >= 11 is 3.44. The van der Waals surface area contributed by atoms with E-state index in [1.165, 1.54) is 19.3 Å². The first-order valence-electron chi connectivity index (χ1n) is 4.94. The standard InChI is InChI=1S/C10H18BrNO/c1-7(2)9(11)10(13)12(3)8-5-4-6-8/h7-9H,4-6H2,1-3H3. The summed E-state index contributed by atoms with van der Waals surface area (Å²) < 4.78 is 0. The normalized spacial score (nSPS) is 19.8. The maximum absolute atomic E-state index is 11.8. The van der Waals surface area contributed by atoms with E-state index in [0.29, 0.717) is 12.0 Å². The fourth-order valence-corrected chi connectivity index (χ4v) is 1.76. The van der Waals surface area contributed by atoms with Crippen molar-refractivity contribution in [3.63, 3.8) is 0 Å². The lowest BCUT2D eigenvalue weighted by Crippen LogP contribution is -2.45. The molecule has 0 heterocycles. The molecule has 1 aliphatic carbocycles. The Balaban J connectivity index is 2.45. The zero-order chi connectivity index (χ0) is 10.0. The number of carbonyl (C=O) groups is 1. The van der Waals surface area contributed by atoms with E-state index in [1.54, 1.807) is 0 Å². The molecule has 1 rings (SSSR count). The van der Waals surface area contributed by atoms with Gasteiger partial charge < -0.3 is 4.90 Å². The van der Waals surface area contributed by atoms with Crippen molar-refractivity contribution < 1.29 is 4.79 Å². The highest BCUT2D eigenvalue weighted by Gasteiger charge is 2.30. The van der Waals surface area contributed by atoms with Gasteiger partial charge in [0.2, 0.25) is 5.91 Å². The zero-order valence-corrected chi connectivity index (χ0v) is 10.2. The molecule has 1 saturated carbocycles. The highest BCUT2D eigenvalue weighted by molar-refractivity contribution is 9.10. The predicted octanol–water partition coefficient (Wildman–Crippen LogP) is 2.42. The third-order valence-corrected chi connectivity index (χ3v) is 4.24. The van der Waals surface area contributed by atoms with Crippen LogP contribution in [0.1, 0.15) is 33.1 Å². The molecule has 0 N–H and O–H groups in total. The third kappa shape index (κ3) is 2.46. The van der Waals surface area contributed by atoms with Crippen LogP contribution in [0.3, 0.4) is 0 Å². The van der Waals surface area contributed by atoms with E-state index in [1.807, 2.05) is 11.9 Å². The molecule has 0 bridgehead atoms. The highest BCUT2D eigenvalue weighted by Crippen LogP contribution is 2.26. The summed E-state index contributed by atoms with van der Waals surface area (Å²) in [5, 5.41) is 0. The quantitative estimate of drug-likeness (QED) is 0.702. The first-order chi connectivity index (χ1) is 6.04. The van der Waals surface area contributed by atoms with Crippen molar-refractivity contribution >= 4 is 21.8 Å². The molecule has 1 aliphatic rings. The first-order valence-corrected chi connectivity index (χ1v) is 5.86. The Morgan fingerprint density at radius 1 is 1.46 bits per heavy atom. The van der Waals surface area contributed by atoms with E-state index in [2.05, 4.69) is 29.8 Å². The van der Waals surface area contributed by atoms with E-state index < -0.39 is 0 Å². The molecular formula is C10H18BrNO. The number of hydrogen-bond acceptors (Lipinski definition) is 1. The van der Waals surface area contributed by atoms with Gasteiger partial charge in [0.1, 0.15) is 0 Å². The first kappa shape index (κ1) is 11.0. The van der Waals surface area contributed by atoms with Gasteiger partial charge in [0.25, 0.3) is 0 Å². The molecule has 1 atom stereocenters. The van der Waals surface area contributed by atoms with Crippen LogP contribution >= 0.6 is 15.9 Å². The van der Waals surface area contributed by atoms with Crippen molar-refractivity contribution in [2.45, 2.75) is 44.0 Å². The van der Waals surface area contributed by atoms with E-state index in [9.17, 15) is 4.79 Å².